The molecule has 4 nitrogen and oxygen atoms in total. The summed E-state index contributed by atoms with van der Waals surface area (Å²) in [5.41, 5.74) is 2.68. The molecule has 6 heteroatoms. The summed E-state index contributed by atoms with van der Waals surface area (Å²) in [6.07, 6.45) is 0. The average Bonchev–Trinajstić information content (AvgIpc) is 3.31. The molecule has 1 N–H and O–H groups in total. The van der Waals surface area contributed by atoms with Crippen molar-refractivity contribution in [2.45, 2.75) is 19.9 Å². The van der Waals surface area contributed by atoms with Crippen LogP contribution in [0.5, 0.6) is 0 Å². The number of aliphatic hydroxyl groups is 1. The van der Waals surface area contributed by atoms with Gasteiger partial charge in [0.15, 0.2) is 0 Å². The maximum absolute atomic E-state index is 13.4. The lowest BCUT2D eigenvalue weighted by Gasteiger charge is -2.24. The van der Waals surface area contributed by atoms with Gasteiger partial charge in [0, 0.05) is 16.1 Å². The number of halogens is 1. The highest BCUT2D eigenvalue weighted by Crippen LogP contribution is 2.43. The molecular weight excluding hydrogens is 389 g/mol. The quantitative estimate of drug-likeness (QED) is 0.372. The molecule has 0 radical (unpaired) electrons. The van der Waals surface area contributed by atoms with Gasteiger partial charge >= 0.3 is 0 Å². The lowest BCUT2D eigenvalue weighted by atomic mass is 9.96. The zero-order valence-corrected chi connectivity index (χ0v) is 16.7. The Morgan fingerprint density at radius 2 is 1.79 bits per heavy atom. The fourth-order valence-electron chi connectivity index (χ4n) is 3.55. The molecule has 1 saturated heterocycles. The summed E-state index contributed by atoms with van der Waals surface area (Å²) < 4.78 is 13.4. The fourth-order valence-corrected chi connectivity index (χ4v) is 4.38. The van der Waals surface area contributed by atoms with E-state index in [9.17, 15) is 19.1 Å². The number of anilines is 1. The van der Waals surface area contributed by atoms with Crippen molar-refractivity contribution in [2.24, 2.45) is 0 Å². The van der Waals surface area contributed by atoms with Crippen molar-refractivity contribution in [1.82, 2.24) is 0 Å². The van der Waals surface area contributed by atoms with Gasteiger partial charge in [0.2, 0.25) is 0 Å². The molecule has 1 aliphatic rings. The first kappa shape index (κ1) is 19.1. The van der Waals surface area contributed by atoms with Crippen molar-refractivity contribution in [3.8, 4) is 0 Å². The maximum atomic E-state index is 13.4. The summed E-state index contributed by atoms with van der Waals surface area (Å²) in [5, 5.41) is 13.0. The molecule has 3 aromatic rings. The van der Waals surface area contributed by atoms with Crippen LogP contribution in [-0.4, -0.2) is 16.8 Å². The van der Waals surface area contributed by atoms with Crippen LogP contribution in [0.25, 0.3) is 5.76 Å². The van der Waals surface area contributed by atoms with E-state index in [1.54, 1.807) is 6.07 Å². The first-order valence-electron chi connectivity index (χ1n) is 9.06. The molecule has 2 heterocycles. The van der Waals surface area contributed by atoms with Gasteiger partial charge in [0.25, 0.3) is 11.7 Å². The minimum atomic E-state index is -0.777. The summed E-state index contributed by atoms with van der Waals surface area (Å²) in [4.78, 5) is 28.0. The lowest BCUT2D eigenvalue weighted by molar-refractivity contribution is -0.132. The molecule has 4 rings (SSSR count). The van der Waals surface area contributed by atoms with Gasteiger partial charge in [0.1, 0.15) is 17.6 Å². The van der Waals surface area contributed by atoms with E-state index < -0.39 is 23.5 Å². The van der Waals surface area contributed by atoms with Crippen molar-refractivity contribution in [3.63, 3.8) is 0 Å². The molecule has 1 aliphatic heterocycles. The van der Waals surface area contributed by atoms with Crippen LogP contribution in [0.1, 0.15) is 27.6 Å². The van der Waals surface area contributed by atoms with Crippen LogP contribution in [0.3, 0.4) is 0 Å². The lowest BCUT2D eigenvalue weighted by Crippen LogP contribution is -2.29. The number of rotatable bonds is 3. The number of hydrogen-bond acceptors (Lipinski definition) is 4. The maximum Gasteiger partial charge on any atom is 0.300 e. The van der Waals surface area contributed by atoms with Crippen LogP contribution < -0.4 is 4.90 Å². The molecule has 2 aromatic carbocycles. The second-order valence-corrected chi connectivity index (χ2v) is 7.96. The van der Waals surface area contributed by atoms with Crippen molar-refractivity contribution in [2.75, 3.05) is 4.90 Å². The number of nitrogens with zero attached hydrogens (tertiary/aromatic N) is 1. The van der Waals surface area contributed by atoms with Crippen LogP contribution in [0, 0.1) is 19.7 Å². The van der Waals surface area contributed by atoms with Gasteiger partial charge < -0.3 is 5.11 Å². The molecule has 146 valence electrons. The van der Waals surface area contributed by atoms with Gasteiger partial charge in [-0.05, 0) is 61.2 Å². The topological polar surface area (TPSA) is 57.6 Å². The monoisotopic (exact) mass is 407 g/mol. The van der Waals surface area contributed by atoms with E-state index in [4.69, 9.17) is 0 Å². The predicted octanol–water partition coefficient (Wildman–Crippen LogP) is 5.13. The van der Waals surface area contributed by atoms with Crippen LogP contribution in [0.2, 0.25) is 0 Å². The SMILES string of the molecule is Cc1ccc(C)c(/C(O)=C2/C(=O)C(=O)N(c3ccc(F)cc3)C2c2cccs2)c1. The second kappa shape index (κ2) is 7.29. The van der Waals surface area contributed by atoms with Gasteiger partial charge in [-0.25, -0.2) is 4.39 Å². The normalized spacial score (nSPS) is 18.4. The van der Waals surface area contributed by atoms with Crippen LogP contribution in [-0.2, 0) is 9.59 Å². The third kappa shape index (κ3) is 3.25. The summed E-state index contributed by atoms with van der Waals surface area (Å²) in [5.74, 6) is -2.14. The molecule has 29 heavy (non-hydrogen) atoms. The van der Waals surface area contributed by atoms with Crippen molar-refractivity contribution >= 4 is 34.5 Å². The van der Waals surface area contributed by atoms with Crippen molar-refractivity contribution in [1.29, 1.82) is 0 Å². The third-order valence-corrected chi connectivity index (χ3v) is 5.93. The molecule has 1 unspecified atom stereocenters. The third-order valence-electron chi connectivity index (χ3n) is 5.01. The number of Topliss-reactive ketones (excluding diaryl/α,β-unsaturated/α-hetero) is 1. The Morgan fingerprint density at radius 3 is 2.45 bits per heavy atom. The molecule has 0 spiro atoms. The van der Waals surface area contributed by atoms with Gasteiger partial charge in [-0.2, -0.15) is 0 Å². The Hall–Kier alpha value is -3.25. The highest BCUT2D eigenvalue weighted by atomic mass is 32.1. The summed E-state index contributed by atoms with van der Waals surface area (Å²) in [7, 11) is 0. The van der Waals surface area contributed by atoms with Gasteiger partial charge in [0.05, 0.1) is 5.57 Å². The Morgan fingerprint density at radius 1 is 1.07 bits per heavy atom. The van der Waals surface area contributed by atoms with E-state index in [1.807, 2.05) is 43.5 Å². The average molecular weight is 407 g/mol. The van der Waals surface area contributed by atoms with Crippen LogP contribution in [0.4, 0.5) is 10.1 Å². The van der Waals surface area contributed by atoms with E-state index in [0.29, 0.717) is 11.3 Å². The molecule has 1 amide bonds. The zero-order chi connectivity index (χ0) is 20.7. The zero-order valence-electron chi connectivity index (χ0n) is 15.8. The first-order valence-corrected chi connectivity index (χ1v) is 9.94. The van der Waals surface area contributed by atoms with E-state index >= 15 is 0 Å². The standard InChI is InChI=1S/C23H18FNO3S/c1-13-5-6-14(2)17(12-13)21(26)19-20(18-4-3-11-29-18)25(23(28)22(19)27)16-9-7-15(24)8-10-16/h3-12,20,26H,1-2H3/b21-19-. The van der Waals surface area contributed by atoms with Crippen LogP contribution >= 0.6 is 11.3 Å². The number of hydrogen-bond donors (Lipinski definition) is 1. The Kier molecular flexibility index (Phi) is 4.80. The number of thiophene rings is 1. The predicted molar refractivity (Wildman–Crippen MR) is 111 cm³/mol. The van der Waals surface area contributed by atoms with Crippen molar-refractivity contribution < 1.29 is 19.1 Å². The highest BCUT2D eigenvalue weighted by molar-refractivity contribution is 7.10. The van der Waals surface area contributed by atoms with E-state index in [-0.39, 0.29) is 11.3 Å². The minimum absolute atomic E-state index is 0.0375. The number of carbonyl (C=O) groups excluding carboxylic acids is 2. The van der Waals surface area contributed by atoms with E-state index in [2.05, 4.69) is 0 Å². The smallest absolute Gasteiger partial charge is 0.300 e. The molecule has 0 aliphatic carbocycles. The fraction of sp³-hybridized carbons (Fsp3) is 0.130. The molecule has 1 aromatic heterocycles. The number of aliphatic hydroxyl groups excluding tert-OH is 1. The van der Waals surface area contributed by atoms with Crippen molar-refractivity contribution in [3.05, 3.63) is 92.9 Å². The first-order chi connectivity index (χ1) is 13.9. The molecule has 0 bridgehead atoms. The van der Waals surface area contributed by atoms with E-state index in [0.717, 1.165) is 16.0 Å². The molecule has 1 fully saturated rings. The summed E-state index contributed by atoms with van der Waals surface area (Å²) >= 11 is 1.38. The van der Waals surface area contributed by atoms with Crippen LogP contribution in [0.15, 0.2) is 65.6 Å². The summed E-state index contributed by atoms with van der Waals surface area (Å²) in [6.45, 7) is 3.73. The highest BCUT2D eigenvalue weighted by Gasteiger charge is 2.47. The number of carbonyl (C=O) groups is 2. The van der Waals surface area contributed by atoms with Gasteiger partial charge in [-0.1, -0.05) is 23.8 Å². The van der Waals surface area contributed by atoms with E-state index in [1.165, 1.54) is 40.5 Å². The molecular formula is C23H18FNO3S. The Bertz CT molecular complexity index is 1130. The number of benzene rings is 2. The number of ketones is 1. The largest absolute Gasteiger partial charge is 0.507 e. The van der Waals surface area contributed by atoms with Gasteiger partial charge in [-0.15, -0.1) is 11.3 Å². The Balaban J connectivity index is 1.95. The molecule has 0 saturated carbocycles. The Labute approximate surface area is 171 Å². The summed E-state index contributed by atoms with van der Waals surface area (Å²) in [6, 6.07) is 13.8. The van der Waals surface area contributed by atoms with Gasteiger partial charge in [-0.3, -0.25) is 14.5 Å². The second-order valence-electron chi connectivity index (χ2n) is 6.98. The number of aryl methyl sites for hydroxylation is 2. The number of amides is 1. The minimum Gasteiger partial charge on any atom is -0.507 e. The molecule has 1 atom stereocenters.